The number of amides is 1. The van der Waals surface area contributed by atoms with Gasteiger partial charge >= 0.3 is 5.97 Å². The van der Waals surface area contributed by atoms with Gasteiger partial charge < -0.3 is 15.1 Å². The molecule has 0 aromatic heterocycles. The molecule has 132 valence electrons. The highest BCUT2D eigenvalue weighted by Crippen LogP contribution is 2.42. The Morgan fingerprint density at radius 2 is 1.92 bits per heavy atom. The molecule has 6 nitrogen and oxygen atoms in total. The minimum absolute atomic E-state index is 0.184. The van der Waals surface area contributed by atoms with Crippen LogP contribution in [-0.4, -0.2) is 24.1 Å². The van der Waals surface area contributed by atoms with Gasteiger partial charge in [-0.3, -0.25) is 4.79 Å². The Morgan fingerprint density at radius 1 is 1.19 bits per heavy atom. The second-order valence-electron chi connectivity index (χ2n) is 6.32. The first-order chi connectivity index (χ1) is 12.6. The van der Waals surface area contributed by atoms with E-state index in [1.54, 1.807) is 4.90 Å². The topological polar surface area (TPSA) is 71.0 Å². The maximum absolute atomic E-state index is 12.8. The van der Waals surface area contributed by atoms with Crippen molar-refractivity contribution in [2.75, 3.05) is 11.4 Å². The number of rotatable bonds is 3. The van der Waals surface area contributed by atoms with Gasteiger partial charge in [-0.2, -0.15) is 0 Å². The fraction of sp³-hybridized carbons (Fsp3) is 0.250. The first kappa shape index (κ1) is 16.5. The average molecular weight is 349 g/mol. The van der Waals surface area contributed by atoms with Crippen LogP contribution >= 0.6 is 0 Å². The van der Waals surface area contributed by atoms with Crippen molar-refractivity contribution in [1.29, 1.82) is 0 Å². The van der Waals surface area contributed by atoms with Crippen LogP contribution in [0.5, 0.6) is 0 Å². The number of fused-ring (bicyclic) bond motifs is 3. The van der Waals surface area contributed by atoms with E-state index in [0.29, 0.717) is 13.1 Å². The molecule has 0 saturated carbocycles. The molecule has 26 heavy (non-hydrogen) atoms. The molecule has 4 rings (SSSR count). The van der Waals surface area contributed by atoms with Crippen molar-refractivity contribution in [3.05, 3.63) is 53.1 Å². The normalized spacial score (nSPS) is 16.8. The van der Waals surface area contributed by atoms with Gasteiger partial charge in [0.2, 0.25) is 0 Å². The molecule has 2 heterocycles. The Balaban J connectivity index is 1.96. The molecule has 0 saturated heterocycles. The Kier molecular flexibility index (Phi) is 4.05. The van der Waals surface area contributed by atoms with E-state index in [4.69, 9.17) is 4.84 Å². The highest BCUT2D eigenvalue weighted by atomic mass is 16.7. The molecule has 1 amide bonds. The molecule has 0 bridgehead atoms. The maximum atomic E-state index is 12.8. The summed E-state index contributed by atoms with van der Waals surface area (Å²) in [5, 5.41) is 7.25. The Hall–Kier alpha value is -2.99. The molecule has 0 spiro atoms. The third-order valence-electron chi connectivity index (χ3n) is 4.76. The first-order valence-corrected chi connectivity index (χ1v) is 8.64. The molecule has 0 aliphatic carbocycles. The van der Waals surface area contributed by atoms with Gasteiger partial charge in [-0.1, -0.05) is 35.5 Å². The van der Waals surface area contributed by atoms with E-state index in [9.17, 15) is 9.59 Å². The van der Waals surface area contributed by atoms with Crippen LogP contribution in [0.25, 0.3) is 11.1 Å². The lowest BCUT2D eigenvalue weighted by Crippen LogP contribution is -2.30. The number of hydrogen-bond donors (Lipinski definition) is 1. The largest absolute Gasteiger partial charge is 0.332 e. The zero-order valence-corrected chi connectivity index (χ0v) is 14.7. The highest BCUT2D eigenvalue weighted by molar-refractivity contribution is 6.54. The number of anilines is 1. The van der Waals surface area contributed by atoms with Crippen LogP contribution in [0.4, 0.5) is 5.69 Å². The lowest BCUT2D eigenvalue weighted by Gasteiger charge is -2.19. The summed E-state index contributed by atoms with van der Waals surface area (Å²) in [6, 6.07) is 12.1. The summed E-state index contributed by atoms with van der Waals surface area (Å²) in [5.74, 6) is -0.782. The SMILES string of the molecule is CCN1C(=O)C(=NOC(C)=O)c2cc(-c3ccccc3)c3c(c21)CNC3. The first-order valence-electron chi connectivity index (χ1n) is 8.64. The minimum atomic E-state index is -0.548. The van der Waals surface area contributed by atoms with Gasteiger partial charge in [0.05, 0.1) is 5.69 Å². The summed E-state index contributed by atoms with van der Waals surface area (Å²) in [6.07, 6.45) is 0. The van der Waals surface area contributed by atoms with Crippen LogP contribution in [0.15, 0.2) is 41.6 Å². The fourth-order valence-electron chi connectivity index (χ4n) is 3.68. The molecule has 2 aromatic rings. The van der Waals surface area contributed by atoms with Gasteiger partial charge in [0, 0.05) is 32.1 Å². The lowest BCUT2D eigenvalue weighted by atomic mass is 9.92. The number of carbonyl (C=O) groups is 2. The van der Waals surface area contributed by atoms with Crippen LogP contribution in [0.2, 0.25) is 0 Å². The Labute approximate surface area is 151 Å². The van der Waals surface area contributed by atoms with Crippen molar-refractivity contribution in [3.63, 3.8) is 0 Å². The minimum Gasteiger partial charge on any atom is -0.318 e. The number of carbonyl (C=O) groups excluding carboxylic acids is 2. The third kappa shape index (κ3) is 2.50. The van der Waals surface area contributed by atoms with Crippen LogP contribution < -0.4 is 10.2 Å². The molecular formula is C20H19N3O3. The van der Waals surface area contributed by atoms with Crippen molar-refractivity contribution in [3.8, 4) is 11.1 Å². The van der Waals surface area contributed by atoms with Crippen molar-refractivity contribution in [1.82, 2.24) is 5.32 Å². The number of hydrogen-bond acceptors (Lipinski definition) is 5. The predicted octanol–water partition coefficient (Wildman–Crippen LogP) is 2.59. The number of nitrogens with zero attached hydrogens (tertiary/aromatic N) is 2. The second-order valence-corrected chi connectivity index (χ2v) is 6.32. The molecule has 6 heteroatoms. The van der Waals surface area contributed by atoms with Crippen LogP contribution in [0.3, 0.4) is 0 Å². The van der Waals surface area contributed by atoms with E-state index in [1.165, 1.54) is 12.5 Å². The number of nitrogens with one attached hydrogen (secondary N) is 1. The van der Waals surface area contributed by atoms with Crippen LogP contribution in [-0.2, 0) is 27.5 Å². The summed E-state index contributed by atoms with van der Waals surface area (Å²) in [7, 11) is 0. The fourth-order valence-corrected chi connectivity index (χ4v) is 3.68. The summed E-state index contributed by atoms with van der Waals surface area (Å²) in [6.45, 7) is 5.18. The quantitative estimate of drug-likeness (QED) is 0.683. The van der Waals surface area contributed by atoms with Gasteiger partial charge in [0.1, 0.15) is 0 Å². The van der Waals surface area contributed by atoms with Crippen LogP contribution in [0, 0.1) is 0 Å². The molecule has 0 unspecified atom stereocenters. The van der Waals surface area contributed by atoms with Crippen molar-refractivity contribution >= 4 is 23.3 Å². The number of oxime groups is 1. The molecule has 2 aliphatic heterocycles. The van der Waals surface area contributed by atoms with Gasteiger partial charge in [-0.25, -0.2) is 4.79 Å². The Morgan fingerprint density at radius 3 is 2.62 bits per heavy atom. The van der Waals surface area contributed by atoms with Gasteiger partial charge in [0.15, 0.2) is 5.71 Å². The molecule has 0 atom stereocenters. The van der Waals surface area contributed by atoms with Crippen molar-refractivity contribution in [2.24, 2.45) is 5.16 Å². The zero-order valence-electron chi connectivity index (χ0n) is 14.7. The number of likely N-dealkylation sites (N-methyl/N-ethyl adjacent to an activating group) is 1. The second kappa shape index (κ2) is 6.38. The predicted molar refractivity (Wildman–Crippen MR) is 98.8 cm³/mol. The summed E-state index contributed by atoms with van der Waals surface area (Å²) >= 11 is 0. The van der Waals surface area contributed by atoms with Crippen LogP contribution in [0.1, 0.15) is 30.5 Å². The molecule has 1 N–H and O–H groups in total. The summed E-state index contributed by atoms with van der Waals surface area (Å²) < 4.78 is 0. The van der Waals surface area contributed by atoms with Gasteiger partial charge in [-0.15, -0.1) is 0 Å². The van der Waals surface area contributed by atoms with E-state index in [1.807, 2.05) is 31.2 Å². The summed E-state index contributed by atoms with van der Waals surface area (Å²) in [4.78, 5) is 30.5. The van der Waals surface area contributed by atoms with E-state index < -0.39 is 5.97 Å². The highest BCUT2D eigenvalue weighted by Gasteiger charge is 2.38. The molecule has 0 radical (unpaired) electrons. The standard InChI is InChI=1S/C20H19N3O3/c1-3-23-19-15(18(20(23)25)22-26-12(2)24)9-14(13-7-5-4-6-8-13)16-10-21-11-17(16)19/h4-9,21H,3,10-11H2,1-2H3. The molecular weight excluding hydrogens is 330 g/mol. The van der Waals surface area contributed by atoms with Crippen molar-refractivity contribution < 1.29 is 14.4 Å². The lowest BCUT2D eigenvalue weighted by molar-refractivity contribution is -0.140. The summed E-state index contributed by atoms with van der Waals surface area (Å²) in [5.41, 5.74) is 6.26. The molecule has 2 aromatic carbocycles. The zero-order chi connectivity index (χ0) is 18.3. The van der Waals surface area contributed by atoms with E-state index in [-0.39, 0.29) is 11.6 Å². The number of benzene rings is 2. The smallest absolute Gasteiger partial charge is 0.318 e. The van der Waals surface area contributed by atoms with E-state index >= 15 is 0 Å². The maximum Gasteiger partial charge on any atom is 0.332 e. The van der Waals surface area contributed by atoms with Gasteiger partial charge in [0.25, 0.3) is 5.91 Å². The molecule has 0 fully saturated rings. The average Bonchev–Trinajstić information content (AvgIpc) is 3.22. The Bertz CT molecular complexity index is 935. The van der Waals surface area contributed by atoms with E-state index in [2.05, 4.69) is 22.6 Å². The third-order valence-corrected chi connectivity index (χ3v) is 4.76. The monoisotopic (exact) mass is 349 g/mol. The van der Waals surface area contributed by atoms with Gasteiger partial charge in [-0.05, 0) is 35.2 Å². The molecule has 2 aliphatic rings. The van der Waals surface area contributed by atoms with Crippen molar-refractivity contribution in [2.45, 2.75) is 26.9 Å². The van der Waals surface area contributed by atoms with E-state index in [0.717, 1.165) is 34.5 Å².